The first-order valence-electron chi connectivity index (χ1n) is 8.49. The average molecular weight is 322 g/mol. The third-order valence-corrected chi connectivity index (χ3v) is 3.14. The van der Waals surface area contributed by atoms with Gasteiger partial charge in [-0.1, -0.05) is 44.6 Å². The Balaban J connectivity index is 4.17. The number of carbonyl (C=O) groups is 2. The summed E-state index contributed by atoms with van der Waals surface area (Å²) in [6.07, 6.45) is 17.5. The van der Waals surface area contributed by atoms with E-state index >= 15 is 0 Å². The van der Waals surface area contributed by atoms with Gasteiger partial charge in [-0.3, -0.25) is 9.59 Å². The maximum atomic E-state index is 11.4. The molecule has 0 saturated carbocycles. The van der Waals surface area contributed by atoms with Gasteiger partial charge >= 0.3 is 11.9 Å². The van der Waals surface area contributed by atoms with Gasteiger partial charge in [0.15, 0.2) is 0 Å². The molecule has 0 heterocycles. The van der Waals surface area contributed by atoms with Gasteiger partial charge in [-0.2, -0.15) is 0 Å². The predicted octanol–water partition coefficient (Wildman–Crippen LogP) is 4.81. The molecule has 0 spiro atoms. The van der Waals surface area contributed by atoms with Crippen LogP contribution in [0.15, 0.2) is 36.5 Å². The number of hydrogen-bond acceptors (Lipinski definition) is 3. The molecule has 0 aliphatic carbocycles. The summed E-state index contributed by atoms with van der Waals surface area (Å²) in [4.78, 5) is 21.8. The zero-order valence-electron chi connectivity index (χ0n) is 14.4. The van der Waals surface area contributed by atoms with Gasteiger partial charge in [-0.15, -0.1) is 0 Å². The Labute approximate surface area is 139 Å². The third-order valence-electron chi connectivity index (χ3n) is 3.14. The molecule has 0 aromatic heterocycles. The van der Waals surface area contributed by atoms with Gasteiger partial charge in [0.1, 0.15) is 6.10 Å². The summed E-state index contributed by atoms with van der Waals surface area (Å²) in [5.74, 6) is -0.954. The molecule has 0 saturated heterocycles. The normalized spacial score (nSPS) is 13.1. The SMILES string of the molecule is CC/C=C\C/C=C\C(/C=C\CCCCCC(=O)O)OC(=O)CC. The Morgan fingerprint density at radius 1 is 1.00 bits per heavy atom. The standard InChI is InChI=1S/C19H30O4/c1-3-5-6-8-11-14-17(23-19(22)4-2)15-12-9-7-10-13-16-18(20)21/h5-6,11-12,14-15,17H,3-4,7-10,13,16H2,1-2H3,(H,20,21)/b6-5-,14-11-,15-12-. The average Bonchev–Trinajstić information content (AvgIpc) is 2.52. The number of carboxylic acid groups (broad SMARTS) is 1. The van der Waals surface area contributed by atoms with Crippen molar-refractivity contribution in [3.05, 3.63) is 36.5 Å². The molecule has 1 unspecified atom stereocenters. The summed E-state index contributed by atoms with van der Waals surface area (Å²) < 4.78 is 5.35. The summed E-state index contributed by atoms with van der Waals surface area (Å²) in [5, 5.41) is 8.56. The number of ether oxygens (including phenoxy) is 1. The minimum absolute atomic E-state index is 0.213. The van der Waals surface area contributed by atoms with Crippen molar-refractivity contribution >= 4 is 11.9 Å². The molecular formula is C19H30O4. The number of rotatable bonds is 13. The second-order valence-electron chi connectivity index (χ2n) is 5.27. The number of esters is 1. The van der Waals surface area contributed by atoms with Crippen molar-refractivity contribution in [2.45, 2.75) is 71.3 Å². The summed E-state index contributed by atoms with van der Waals surface area (Å²) >= 11 is 0. The van der Waals surface area contributed by atoms with Gasteiger partial charge in [0.25, 0.3) is 0 Å². The van der Waals surface area contributed by atoms with Crippen molar-refractivity contribution in [1.82, 2.24) is 0 Å². The maximum Gasteiger partial charge on any atom is 0.306 e. The summed E-state index contributed by atoms with van der Waals surface area (Å²) in [6, 6.07) is 0. The van der Waals surface area contributed by atoms with E-state index in [1.807, 2.05) is 24.3 Å². The quantitative estimate of drug-likeness (QED) is 0.300. The van der Waals surface area contributed by atoms with E-state index in [2.05, 4.69) is 19.1 Å². The first-order valence-corrected chi connectivity index (χ1v) is 8.49. The highest BCUT2D eigenvalue weighted by Crippen LogP contribution is 2.06. The number of carboxylic acids is 1. The van der Waals surface area contributed by atoms with E-state index in [0.29, 0.717) is 12.8 Å². The van der Waals surface area contributed by atoms with Gasteiger partial charge in [-0.25, -0.2) is 0 Å². The summed E-state index contributed by atoms with van der Waals surface area (Å²) in [5.41, 5.74) is 0. The van der Waals surface area contributed by atoms with Crippen LogP contribution in [0.2, 0.25) is 0 Å². The third kappa shape index (κ3) is 14.8. The van der Waals surface area contributed by atoms with Crippen LogP contribution < -0.4 is 0 Å². The zero-order valence-corrected chi connectivity index (χ0v) is 14.4. The monoisotopic (exact) mass is 322 g/mol. The Bertz CT molecular complexity index is 408. The van der Waals surface area contributed by atoms with Gasteiger partial charge in [0, 0.05) is 12.8 Å². The Morgan fingerprint density at radius 2 is 1.74 bits per heavy atom. The minimum Gasteiger partial charge on any atom is -0.481 e. The Morgan fingerprint density at radius 3 is 2.39 bits per heavy atom. The molecule has 1 N–H and O–H groups in total. The number of hydrogen-bond donors (Lipinski definition) is 1. The fourth-order valence-corrected chi connectivity index (χ4v) is 1.88. The number of allylic oxidation sites excluding steroid dienone is 4. The second kappa shape index (κ2) is 15.1. The summed E-state index contributed by atoms with van der Waals surface area (Å²) in [7, 11) is 0. The first-order chi connectivity index (χ1) is 11.1. The molecule has 0 aliphatic rings. The molecular weight excluding hydrogens is 292 g/mol. The van der Waals surface area contributed by atoms with E-state index in [4.69, 9.17) is 9.84 Å². The highest BCUT2D eigenvalue weighted by Gasteiger charge is 2.05. The van der Waals surface area contributed by atoms with Crippen LogP contribution in [-0.4, -0.2) is 23.1 Å². The first kappa shape index (κ1) is 21.2. The lowest BCUT2D eigenvalue weighted by molar-refractivity contribution is -0.144. The van der Waals surface area contributed by atoms with Crippen molar-refractivity contribution in [1.29, 1.82) is 0 Å². The van der Waals surface area contributed by atoms with Gasteiger partial charge in [0.2, 0.25) is 0 Å². The topological polar surface area (TPSA) is 63.6 Å². The molecule has 0 amide bonds. The molecule has 0 radical (unpaired) electrons. The fraction of sp³-hybridized carbons (Fsp3) is 0.579. The van der Waals surface area contributed by atoms with Crippen LogP contribution in [0.5, 0.6) is 0 Å². The van der Waals surface area contributed by atoms with Crippen LogP contribution in [0.25, 0.3) is 0 Å². The fourth-order valence-electron chi connectivity index (χ4n) is 1.88. The molecule has 0 aromatic carbocycles. The molecule has 0 rings (SSSR count). The molecule has 4 heteroatoms. The largest absolute Gasteiger partial charge is 0.481 e. The van der Waals surface area contributed by atoms with E-state index < -0.39 is 5.97 Å². The van der Waals surface area contributed by atoms with Crippen LogP contribution in [0.4, 0.5) is 0 Å². The van der Waals surface area contributed by atoms with Crippen molar-refractivity contribution in [3.63, 3.8) is 0 Å². The molecule has 1 atom stereocenters. The number of unbranched alkanes of at least 4 members (excludes halogenated alkanes) is 3. The predicted molar refractivity (Wildman–Crippen MR) is 93.2 cm³/mol. The van der Waals surface area contributed by atoms with Crippen LogP contribution in [0.3, 0.4) is 0 Å². The second-order valence-corrected chi connectivity index (χ2v) is 5.27. The van der Waals surface area contributed by atoms with Crippen LogP contribution in [0.1, 0.15) is 65.2 Å². The minimum atomic E-state index is -0.741. The van der Waals surface area contributed by atoms with E-state index in [0.717, 1.165) is 32.1 Å². The Hall–Kier alpha value is -1.84. The van der Waals surface area contributed by atoms with E-state index in [-0.39, 0.29) is 18.5 Å². The van der Waals surface area contributed by atoms with Crippen molar-refractivity contribution < 1.29 is 19.4 Å². The lowest BCUT2D eigenvalue weighted by Gasteiger charge is -2.09. The number of carbonyl (C=O) groups excluding carboxylic acids is 1. The van der Waals surface area contributed by atoms with Gasteiger partial charge in [-0.05, 0) is 44.3 Å². The molecule has 0 bridgehead atoms. The van der Waals surface area contributed by atoms with Crippen molar-refractivity contribution in [2.75, 3.05) is 0 Å². The van der Waals surface area contributed by atoms with Gasteiger partial charge < -0.3 is 9.84 Å². The van der Waals surface area contributed by atoms with E-state index in [9.17, 15) is 9.59 Å². The lowest BCUT2D eigenvalue weighted by Crippen LogP contribution is -2.12. The summed E-state index contributed by atoms with van der Waals surface area (Å²) in [6.45, 7) is 3.87. The lowest BCUT2D eigenvalue weighted by atomic mass is 10.1. The smallest absolute Gasteiger partial charge is 0.306 e. The molecule has 0 aliphatic heterocycles. The maximum absolute atomic E-state index is 11.4. The van der Waals surface area contributed by atoms with Gasteiger partial charge in [0.05, 0.1) is 0 Å². The van der Waals surface area contributed by atoms with Crippen LogP contribution >= 0.6 is 0 Å². The highest BCUT2D eigenvalue weighted by atomic mass is 16.5. The number of aliphatic carboxylic acids is 1. The molecule has 0 fully saturated rings. The molecule has 4 nitrogen and oxygen atoms in total. The Kier molecular flexibility index (Phi) is 13.9. The van der Waals surface area contributed by atoms with Crippen molar-refractivity contribution in [3.8, 4) is 0 Å². The zero-order chi connectivity index (χ0) is 17.3. The molecule has 23 heavy (non-hydrogen) atoms. The van der Waals surface area contributed by atoms with Crippen molar-refractivity contribution in [2.24, 2.45) is 0 Å². The van der Waals surface area contributed by atoms with Crippen LogP contribution in [-0.2, 0) is 14.3 Å². The highest BCUT2D eigenvalue weighted by molar-refractivity contribution is 5.69. The molecule has 130 valence electrons. The molecule has 0 aromatic rings. The van der Waals surface area contributed by atoms with E-state index in [1.54, 1.807) is 6.92 Å². The van der Waals surface area contributed by atoms with E-state index in [1.165, 1.54) is 0 Å². The van der Waals surface area contributed by atoms with Crippen LogP contribution in [0, 0.1) is 0 Å².